The number of aromatic nitrogens is 1. The fourth-order valence-corrected chi connectivity index (χ4v) is 1.05. The molecule has 0 amide bonds. The van der Waals surface area contributed by atoms with Gasteiger partial charge in [-0.15, -0.1) is 0 Å². The minimum atomic E-state index is 0.290. The summed E-state index contributed by atoms with van der Waals surface area (Å²) in [6.45, 7) is 2.03. The van der Waals surface area contributed by atoms with Crippen molar-refractivity contribution >= 4 is 6.08 Å². The number of allylic oxidation sites excluding steroid dienone is 1. The molecule has 70 valence electrons. The lowest BCUT2D eigenvalue weighted by Gasteiger charge is -1.99. The van der Waals surface area contributed by atoms with Crippen LogP contribution in [0.1, 0.15) is 25.3 Å². The second-order valence-electron chi connectivity index (χ2n) is 3.24. The highest BCUT2D eigenvalue weighted by molar-refractivity contribution is 5.47. The van der Waals surface area contributed by atoms with Crippen LogP contribution in [0.4, 0.5) is 0 Å². The van der Waals surface area contributed by atoms with Crippen molar-refractivity contribution in [3.63, 3.8) is 0 Å². The first-order valence-corrected chi connectivity index (χ1v) is 4.61. The van der Waals surface area contributed by atoms with E-state index in [1.807, 2.05) is 25.3 Å². The third-order valence-corrected chi connectivity index (χ3v) is 1.78. The lowest BCUT2D eigenvalue weighted by atomic mass is 10.1. The van der Waals surface area contributed by atoms with E-state index in [0.29, 0.717) is 6.04 Å². The molecule has 0 fully saturated rings. The van der Waals surface area contributed by atoms with Crippen LogP contribution in [0.25, 0.3) is 6.08 Å². The van der Waals surface area contributed by atoms with Crippen LogP contribution in [0.15, 0.2) is 30.6 Å². The molecule has 13 heavy (non-hydrogen) atoms. The molecule has 2 nitrogen and oxygen atoms in total. The van der Waals surface area contributed by atoms with Gasteiger partial charge in [-0.3, -0.25) is 4.98 Å². The summed E-state index contributed by atoms with van der Waals surface area (Å²) in [5, 5.41) is 0. The molecule has 0 aliphatic carbocycles. The second kappa shape index (κ2) is 5.49. The van der Waals surface area contributed by atoms with Gasteiger partial charge in [-0.1, -0.05) is 18.2 Å². The van der Waals surface area contributed by atoms with E-state index in [9.17, 15) is 0 Å². The quantitative estimate of drug-likeness (QED) is 0.764. The van der Waals surface area contributed by atoms with Crippen LogP contribution in [0.2, 0.25) is 0 Å². The third-order valence-electron chi connectivity index (χ3n) is 1.78. The summed E-state index contributed by atoms with van der Waals surface area (Å²) in [7, 11) is 0. The predicted octanol–water partition coefficient (Wildman–Crippen LogP) is 2.22. The minimum Gasteiger partial charge on any atom is -0.328 e. The van der Waals surface area contributed by atoms with Crippen LogP contribution in [0, 0.1) is 0 Å². The van der Waals surface area contributed by atoms with Crippen LogP contribution in [-0.4, -0.2) is 11.0 Å². The normalized spacial score (nSPS) is 13.4. The highest BCUT2D eigenvalue weighted by Crippen LogP contribution is 2.01. The number of nitrogens with two attached hydrogens (primary N) is 1. The summed E-state index contributed by atoms with van der Waals surface area (Å²) in [5.41, 5.74) is 6.77. The fourth-order valence-electron chi connectivity index (χ4n) is 1.05. The molecule has 1 atom stereocenters. The zero-order valence-electron chi connectivity index (χ0n) is 7.98. The molecule has 1 rings (SSSR count). The average molecular weight is 176 g/mol. The molecule has 0 saturated heterocycles. The minimum absolute atomic E-state index is 0.290. The van der Waals surface area contributed by atoms with Gasteiger partial charge < -0.3 is 5.73 Å². The standard InChI is InChI=1S/C11H16N2/c1-10(12)5-2-3-6-11-7-4-8-13-9-11/h3-4,6-10H,2,5,12H2,1H3/b6-3-. The average Bonchev–Trinajstić information content (AvgIpc) is 2.14. The van der Waals surface area contributed by atoms with Gasteiger partial charge in [-0.2, -0.15) is 0 Å². The molecule has 0 aliphatic rings. The van der Waals surface area contributed by atoms with Gasteiger partial charge in [0.2, 0.25) is 0 Å². The molecule has 0 radical (unpaired) electrons. The Labute approximate surface area is 79.5 Å². The van der Waals surface area contributed by atoms with Crippen molar-refractivity contribution in [2.24, 2.45) is 5.73 Å². The SMILES string of the molecule is CC(N)CC/C=C\c1cccnc1. The summed E-state index contributed by atoms with van der Waals surface area (Å²) in [6, 6.07) is 4.26. The van der Waals surface area contributed by atoms with Crippen LogP contribution >= 0.6 is 0 Å². The van der Waals surface area contributed by atoms with E-state index in [4.69, 9.17) is 5.73 Å². The third kappa shape index (κ3) is 4.43. The van der Waals surface area contributed by atoms with Crippen molar-refractivity contribution in [3.05, 3.63) is 36.2 Å². The summed E-state index contributed by atoms with van der Waals surface area (Å²) >= 11 is 0. The van der Waals surface area contributed by atoms with Crippen molar-refractivity contribution in [2.75, 3.05) is 0 Å². The van der Waals surface area contributed by atoms with Gasteiger partial charge in [0.25, 0.3) is 0 Å². The Morgan fingerprint density at radius 3 is 3.08 bits per heavy atom. The summed E-state index contributed by atoms with van der Waals surface area (Å²) in [6.07, 6.45) is 9.92. The lowest BCUT2D eigenvalue weighted by Crippen LogP contribution is -2.13. The Hall–Kier alpha value is -1.15. The zero-order valence-corrected chi connectivity index (χ0v) is 7.98. The molecule has 1 aromatic rings. The fraction of sp³-hybridized carbons (Fsp3) is 0.364. The number of pyridine rings is 1. The monoisotopic (exact) mass is 176 g/mol. The highest BCUT2D eigenvalue weighted by Gasteiger charge is 1.89. The predicted molar refractivity (Wildman–Crippen MR) is 56.2 cm³/mol. The summed E-state index contributed by atoms with van der Waals surface area (Å²) in [5.74, 6) is 0. The zero-order chi connectivity index (χ0) is 9.52. The van der Waals surface area contributed by atoms with Crippen molar-refractivity contribution < 1.29 is 0 Å². The maximum absolute atomic E-state index is 5.63. The van der Waals surface area contributed by atoms with Gasteiger partial charge >= 0.3 is 0 Å². The first-order valence-electron chi connectivity index (χ1n) is 4.61. The van der Waals surface area contributed by atoms with E-state index in [1.54, 1.807) is 6.20 Å². The van der Waals surface area contributed by atoms with Crippen LogP contribution in [-0.2, 0) is 0 Å². The van der Waals surface area contributed by atoms with E-state index in [1.165, 1.54) is 0 Å². The number of hydrogen-bond donors (Lipinski definition) is 1. The van der Waals surface area contributed by atoms with Gasteiger partial charge in [0, 0.05) is 18.4 Å². The summed E-state index contributed by atoms with van der Waals surface area (Å²) in [4.78, 5) is 4.02. The van der Waals surface area contributed by atoms with Crippen molar-refractivity contribution in [1.82, 2.24) is 4.98 Å². The second-order valence-corrected chi connectivity index (χ2v) is 3.24. The Balaban J connectivity index is 2.33. The van der Waals surface area contributed by atoms with Crippen LogP contribution < -0.4 is 5.73 Å². The van der Waals surface area contributed by atoms with Crippen molar-refractivity contribution in [2.45, 2.75) is 25.8 Å². The molecule has 0 bridgehead atoms. The number of nitrogens with zero attached hydrogens (tertiary/aromatic N) is 1. The topological polar surface area (TPSA) is 38.9 Å². The maximum atomic E-state index is 5.63. The number of hydrogen-bond acceptors (Lipinski definition) is 2. The van der Waals surface area contributed by atoms with Crippen LogP contribution in [0.3, 0.4) is 0 Å². The molecule has 2 heteroatoms. The van der Waals surface area contributed by atoms with E-state index in [-0.39, 0.29) is 0 Å². The van der Waals surface area contributed by atoms with Gasteiger partial charge in [0.15, 0.2) is 0 Å². The van der Waals surface area contributed by atoms with Crippen LogP contribution in [0.5, 0.6) is 0 Å². The molecule has 1 aromatic heterocycles. The van der Waals surface area contributed by atoms with E-state index < -0.39 is 0 Å². The van der Waals surface area contributed by atoms with Gasteiger partial charge in [-0.05, 0) is 31.4 Å². The Kier molecular flexibility index (Phi) is 4.19. The largest absolute Gasteiger partial charge is 0.328 e. The molecule has 0 saturated carbocycles. The molecular formula is C11H16N2. The molecule has 0 spiro atoms. The molecule has 1 unspecified atom stereocenters. The van der Waals surface area contributed by atoms with Gasteiger partial charge in [-0.25, -0.2) is 0 Å². The van der Waals surface area contributed by atoms with E-state index in [2.05, 4.69) is 17.1 Å². The molecule has 2 N–H and O–H groups in total. The molecule has 0 aromatic carbocycles. The Morgan fingerprint density at radius 1 is 1.62 bits per heavy atom. The Morgan fingerprint density at radius 2 is 2.46 bits per heavy atom. The highest BCUT2D eigenvalue weighted by atomic mass is 14.6. The van der Waals surface area contributed by atoms with E-state index in [0.717, 1.165) is 18.4 Å². The first kappa shape index (κ1) is 9.93. The smallest absolute Gasteiger partial charge is 0.0340 e. The number of rotatable bonds is 4. The van der Waals surface area contributed by atoms with Gasteiger partial charge in [0.05, 0.1) is 0 Å². The van der Waals surface area contributed by atoms with Gasteiger partial charge in [0.1, 0.15) is 0 Å². The molecule has 0 aliphatic heterocycles. The lowest BCUT2D eigenvalue weighted by molar-refractivity contribution is 0.677. The molecular weight excluding hydrogens is 160 g/mol. The van der Waals surface area contributed by atoms with Crippen molar-refractivity contribution in [1.29, 1.82) is 0 Å². The van der Waals surface area contributed by atoms with Crippen molar-refractivity contribution in [3.8, 4) is 0 Å². The first-order chi connectivity index (χ1) is 6.29. The Bertz CT molecular complexity index is 252. The maximum Gasteiger partial charge on any atom is 0.0340 e. The summed E-state index contributed by atoms with van der Waals surface area (Å²) < 4.78 is 0. The molecule has 1 heterocycles. The van der Waals surface area contributed by atoms with E-state index >= 15 is 0 Å².